The summed E-state index contributed by atoms with van der Waals surface area (Å²) in [7, 11) is 0.985. The summed E-state index contributed by atoms with van der Waals surface area (Å²) in [6.07, 6.45) is 31.9. The van der Waals surface area contributed by atoms with Crippen molar-refractivity contribution in [3.8, 4) is 0 Å². The molecular formula is C46H78NO11P. The van der Waals surface area contributed by atoms with Crippen molar-refractivity contribution in [1.82, 2.24) is 0 Å². The Morgan fingerprint density at radius 2 is 1.41 bits per heavy atom. The van der Waals surface area contributed by atoms with Gasteiger partial charge < -0.3 is 38.1 Å². The lowest BCUT2D eigenvalue weighted by Crippen LogP contribution is -2.37. The molecule has 0 aromatic heterocycles. The first kappa shape index (κ1) is 54.3. The van der Waals surface area contributed by atoms with Crippen molar-refractivity contribution in [1.29, 1.82) is 0 Å². The molecule has 1 saturated carbocycles. The third-order valence-electron chi connectivity index (χ3n) is 9.89. The fourth-order valence-electron chi connectivity index (χ4n) is 6.29. The molecule has 0 bridgehead atoms. The van der Waals surface area contributed by atoms with Gasteiger partial charge >= 0.3 is 11.9 Å². The minimum atomic E-state index is -4.70. The fraction of sp³-hybridized carbons (Fsp3) is 0.717. The van der Waals surface area contributed by atoms with Crippen molar-refractivity contribution >= 4 is 25.5 Å². The molecule has 0 heterocycles. The van der Waals surface area contributed by atoms with Gasteiger partial charge in [0.05, 0.1) is 40.0 Å². The summed E-state index contributed by atoms with van der Waals surface area (Å²) in [6, 6.07) is 0. The molecule has 0 aromatic rings. The largest absolute Gasteiger partial charge is 0.756 e. The highest BCUT2D eigenvalue weighted by Crippen LogP contribution is 2.38. The number of hydrogen-bond acceptors (Lipinski definition) is 11. The number of nitrogens with zero attached hydrogens (tertiary/aromatic N) is 1. The van der Waals surface area contributed by atoms with Crippen molar-refractivity contribution in [2.75, 3.05) is 47.5 Å². The van der Waals surface area contributed by atoms with Crippen LogP contribution in [0.5, 0.6) is 0 Å². The molecule has 0 aromatic carbocycles. The minimum Gasteiger partial charge on any atom is -0.756 e. The van der Waals surface area contributed by atoms with Crippen molar-refractivity contribution in [2.24, 2.45) is 11.8 Å². The van der Waals surface area contributed by atoms with E-state index in [1.165, 1.54) is 19.3 Å². The molecule has 1 fully saturated rings. The molecule has 12 nitrogen and oxygen atoms in total. The van der Waals surface area contributed by atoms with Gasteiger partial charge in [-0.05, 0) is 70.6 Å². The topological polar surface area (TPSA) is 169 Å². The van der Waals surface area contributed by atoms with Gasteiger partial charge in [0.15, 0.2) is 6.10 Å². The molecule has 2 N–H and O–H groups in total. The standard InChI is InChI=1S/C46H78NO11P/c1-6-8-10-11-12-13-14-15-16-17-18-19-20-21-27-31-46(52)58-40(38-57-59(53,54)56-35-34-47(3,4)5)37-55-45(51)30-26-23-22-25-29-41-42(44(50)36-43(41)49)33-32-39(48)28-24-9-7-2/h12-13,15-16,18-19,22,25,32-33,39-43,48-49H,6-11,14,17,20-21,23-24,26-31,34-38H2,1-5H3/b13-12-,16-15-,19-18-,25-22-,33-32+/t39-,40+,41+,42+,43-/m0/s1. The Bertz CT molecular complexity index is 1350. The maximum Gasteiger partial charge on any atom is 0.306 e. The molecule has 0 saturated heterocycles. The van der Waals surface area contributed by atoms with E-state index in [0.717, 1.165) is 51.4 Å². The summed E-state index contributed by atoms with van der Waals surface area (Å²) in [6.45, 7) is 3.72. The molecule has 1 aliphatic rings. The molecule has 0 aliphatic heterocycles. The summed E-state index contributed by atoms with van der Waals surface area (Å²) in [4.78, 5) is 50.2. The van der Waals surface area contributed by atoms with Gasteiger partial charge in [-0.2, -0.15) is 0 Å². The van der Waals surface area contributed by atoms with Gasteiger partial charge in [-0.3, -0.25) is 18.9 Å². The molecule has 1 unspecified atom stereocenters. The van der Waals surface area contributed by atoms with E-state index in [1.54, 1.807) is 12.2 Å². The number of unbranched alkanes of at least 4 members (excludes halogenated alkanes) is 8. The van der Waals surface area contributed by atoms with Gasteiger partial charge in [0.2, 0.25) is 0 Å². The van der Waals surface area contributed by atoms with Crippen LogP contribution in [-0.4, -0.2) is 98.2 Å². The van der Waals surface area contributed by atoms with E-state index in [4.69, 9.17) is 18.5 Å². The number of likely N-dealkylation sites (N-methyl/N-ethyl adjacent to an activating group) is 1. The van der Waals surface area contributed by atoms with Gasteiger partial charge in [-0.1, -0.05) is 107 Å². The lowest BCUT2D eigenvalue weighted by molar-refractivity contribution is -0.870. The molecule has 0 spiro atoms. The van der Waals surface area contributed by atoms with Gasteiger partial charge in [0, 0.05) is 31.1 Å². The maximum atomic E-state index is 12.7. The van der Waals surface area contributed by atoms with Crippen LogP contribution in [-0.2, 0) is 37.5 Å². The first-order chi connectivity index (χ1) is 28.2. The molecule has 6 atom stereocenters. The average Bonchev–Trinajstić information content (AvgIpc) is 3.44. The van der Waals surface area contributed by atoms with Crippen LogP contribution in [0.4, 0.5) is 0 Å². The first-order valence-corrected chi connectivity index (χ1v) is 23.6. The van der Waals surface area contributed by atoms with Crippen LogP contribution in [0.25, 0.3) is 0 Å². The number of rotatable bonds is 35. The number of esters is 2. The first-order valence-electron chi connectivity index (χ1n) is 22.1. The predicted molar refractivity (Wildman–Crippen MR) is 232 cm³/mol. The second kappa shape index (κ2) is 33.0. The van der Waals surface area contributed by atoms with Crippen LogP contribution in [0.15, 0.2) is 60.8 Å². The number of phosphoric acid groups is 1. The number of carbonyl (C=O) groups is 3. The normalized spacial score (nSPS) is 19.8. The summed E-state index contributed by atoms with van der Waals surface area (Å²) < 4.78 is 33.7. The van der Waals surface area contributed by atoms with Crippen molar-refractivity contribution < 1.29 is 57.1 Å². The van der Waals surface area contributed by atoms with E-state index in [-0.39, 0.29) is 44.2 Å². The van der Waals surface area contributed by atoms with Crippen LogP contribution in [0.2, 0.25) is 0 Å². The van der Waals surface area contributed by atoms with Crippen LogP contribution in [0.1, 0.15) is 136 Å². The third-order valence-corrected chi connectivity index (χ3v) is 10.9. The summed E-state index contributed by atoms with van der Waals surface area (Å²) in [5.41, 5.74) is 0. The summed E-state index contributed by atoms with van der Waals surface area (Å²) >= 11 is 0. The second-order valence-corrected chi connectivity index (χ2v) is 17.9. The van der Waals surface area contributed by atoms with Crippen LogP contribution < -0.4 is 4.89 Å². The monoisotopic (exact) mass is 852 g/mol. The number of allylic oxidation sites excluding steroid dienone is 9. The number of quaternary nitrogens is 1. The Morgan fingerprint density at radius 3 is 2.07 bits per heavy atom. The van der Waals surface area contributed by atoms with Crippen molar-refractivity contribution in [2.45, 2.75) is 154 Å². The number of aliphatic hydroxyl groups excluding tert-OH is 2. The number of phosphoric ester groups is 1. The Labute approximate surface area is 356 Å². The molecule has 1 rings (SSSR count). The Kier molecular flexibility index (Phi) is 30.4. The van der Waals surface area contributed by atoms with E-state index >= 15 is 0 Å². The van der Waals surface area contributed by atoms with Crippen LogP contribution in [0.3, 0.4) is 0 Å². The quantitative estimate of drug-likeness (QED) is 0.0206. The molecule has 338 valence electrons. The van der Waals surface area contributed by atoms with E-state index < -0.39 is 50.6 Å². The summed E-state index contributed by atoms with van der Waals surface area (Å²) in [5.74, 6) is -1.84. The molecule has 1 aliphatic carbocycles. The van der Waals surface area contributed by atoms with Gasteiger partial charge in [0.25, 0.3) is 7.82 Å². The number of ether oxygens (including phenoxy) is 2. The zero-order valence-electron chi connectivity index (χ0n) is 36.9. The van der Waals surface area contributed by atoms with Crippen LogP contribution in [0, 0.1) is 11.8 Å². The highest BCUT2D eigenvalue weighted by molar-refractivity contribution is 7.45. The van der Waals surface area contributed by atoms with Gasteiger partial charge in [-0.15, -0.1) is 0 Å². The highest BCUT2D eigenvalue weighted by Gasteiger charge is 2.39. The van der Waals surface area contributed by atoms with Gasteiger partial charge in [0.1, 0.15) is 25.5 Å². The Morgan fingerprint density at radius 1 is 0.814 bits per heavy atom. The van der Waals surface area contributed by atoms with Crippen LogP contribution >= 0.6 is 7.82 Å². The summed E-state index contributed by atoms with van der Waals surface area (Å²) in [5, 5.41) is 20.7. The smallest absolute Gasteiger partial charge is 0.306 e. The van der Waals surface area contributed by atoms with E-state index in [0.29, 0.717) is 43.1 Å². The van der Waals surface area contributed by atoms with E-state index in [9.17, 15) is 34.1 Å². The molecule has 0 radical (unpaired) electrons. The average molecular weight is 852 g/mol. The lowest BCUT2D eigenvalue weighted by Gasteiger charge is -2.28. The molecule has 13 heteroatoms. The zero-order valence-corrected chi connectivity index (χ0v) is 37.8. The Hall–Kier alpha value is -2.70. The molecule has 0 amide bonds. The Balaban J connectivity index is 2.55. The number of carbonyl (C=O) groups excluding carboxylic acids is 3. The molecule has 59 heavy (non-hydrogen) atoms. The third kappa shape index (κ3) is 30.1. The SMILES string of the molecule is CCCCC/C=C\C/C=C\C/C=C\CCCCC(=O)O[C@H](COC(=O)CCC/C=C\C[C@H]1[C@@H](O)CC(=O)[C@@H]1/C=C/[C@@H](O)CCCCC)COP(=O)([O-])OCC[N+](C)(C)C. The van der Waals surface area contributed by atoms with Crippen molar-refractivity contribution in [3.05, 3.63) is 60.8 Å². The second-order valence-electron chi connectivity index (χ2n) is 16.5. The number of ketones is 1. The zero-order chi connectivity index (χ0) is 43.8. The fourth-order valence-corrected chi connectivity index (χ4v) is 7.02. The minimum absolute atomic E-state index is 0.0329. The molecular weight excluding hydrogens is 773 g/mol. The maximum absolute atomic E-state index is 12.7. The van der Waals surface area contributed by atoms with E-state index in [1.807, 2.05) is 33.3 Å². The predicted octanol–water partition coefficient (Wildman–Crippen LogP) is 8.42. The number of Topliss-reactive ketones (excluding diaryl/α,β-unsaturated/α-hetero) is 1. The lowest BCUT2D eigenvalue weighted by atomic mass is 9.90. The van der Waals surface area contributed by atoms with Crippen molar-refractivity contribution in [3.63, 3.8) is 0 Å². The van der Waals surface area contributed by atoms with Gasteiger partial charge in [-0.25, -0.2) is 0 Å². The highest BCUT2D eigenvalue weighted by atomic mass is 31.2. The number of aliphatic hydroxyl groups is 2. The van der Waals surface area contributed by atoms with E-state index in [2.05, 4.69) is 50.3 Å². The number of hydrogen-bond donors (Lipinski definition) is 2.